The van der Waals surface area contributed by atoms with Crippen LogP contribution >= 0.6 is 0 Å². The molecule has 0 saturated carbocycles. The lowest BCUT2D eigenvalue weighted by Crippen LogP contribution is -2.40. The molecular formula is C15H22N2O6S. The van der Waals surface area contributed by atoms with Gasteiger partial charge in [0.15, 0.2) is 0 Å². The van der Waals surface area contributed by atoms with E-state index in [9.17, 15) is 18.0 Å². The predicted molar refractivity (Wildman–Crippen MR) is 89.5 cm³/mol. The number of carbonyl (C=O) groups excluding carboxylic acids is 2. The van der Waals surface area contributed by atoms with E-state index < -0.39 is 21.9 Å². The molecule has 134 valence electrons. The van der Waals surface area contributed by atoms with Crippen LogP contribution < -0.4 is 9.62 Å². The molecule has 0 unspecified atom stereocenters. The first-order chi connectivity index (χ1) is 11.3. The number of hydrogen-bond donors (Lipinski definition) is 1. The molecule has 0 saturated heterocycles. The fourth-order valence-corrected chi connectivity index (χ4v) is 2.78. The Balaban J connectivity index is 2.91. The average Bonchev–Trinajstić information content (AvgIpc) is 2.55. The zero-order chi connectivity index (χ0) is 18.2. The molecule has 24 heavy (non-hydrogen) atoms. The monoisotopic (exact) mass is 358 g/mol. The Morgan fingerprint density at radius 2 is 1.96 bits per heavy atom. The number of sulfonamides is 1. The number of nitrogens with zero attached hydrogens (tertiary/aromatic N) is 1. The highest BCUT2D eigenvalue weighted by Crippen LogP contribution is 2.19. The molecule has 1 amide bonds. The van der Waals surface area contributed by atoms with Crippen molar-refractivity contribution in [3.8, 4) is 0 Å². The topological polar surface area (TPSA) is 102 Å². The molecule has 8 nitrogen and oxygen atoms in total. The highest BCUT2D eigenvalue weighted by atomic mass is 32.2. The summed E-state index contributed by atoms with van der Waals surface area (Å²) in [6.07, 6.45) is 1.62. The first-order valence-electron chi connectivity index (χ1n) is 7.21. The first-order valence-corrected chi connectivity index (χ1v) is 9.06. The van der Waals surface area contributed by atoms with Gasteiger partial charge in [-0.1, -0.05) is 6.07 Å². The second kappa shape index (κ2) is 9.24. The van der Waals surface area contributed by atoms with Crippen molar-refractivity contribution in [2.24, 2.45) is 0 Å². The van der Waals surface area contributed by atoms with Crippen molar-refractivity contribution in [2.45, 2.75) is 6.42 Å². The maximum absolute atomic E-state index is 12.0. The third kappa shape index (κ3) is 6.17. The molecule has 0 spiro atoms. The van der Waals surface area contributed by atoms with Gasteiger partial charge in [-0.15, -0.1) is 0 Å². The van der Waals surface area contributed by atoms with Gasteiger partial charge in [-0.3, -0.25) is 9.10 Å². The van der Waals surface area contributed by atoms with Crippen molar-refractivity contribution in [3.05, 3.63) is 29.8 Å². The van der Waals surface area contributed by atoms with Gasteiger partial charge in [0, 0.05) is 20.3 Å². The molecule has 0 heterocycles. The number of esters is 1. The predicted octanol–water partition coefficient (Wildman–Crippen LogP) is 0.392. The van der Waals surface area contributed by atoms with Crippen molar-refractivity contribution in [1.82, 2.24) is 5.32 Å². The number of nitrogens with one attached hydrogen (secondary N) is 1. The van der Waals surface area contributed by atoms with Gasteiger partial charge >= 0.3 is 5.97 Å². The van der Waals surface area contributed by atoms with Gasteiger partial charge in [0.25, 0.3) is 0 Å². The maximum atomic E-state index is 12.0. The van der Waals surface area contributed by atoms with Crippen LogP contribution in [0.25, 0.3) is 0 Å². The molecule has 9 heteroatoms. The molecule has 0 aromatic heterocycles. The SMILES string of the molecule is COCCCNC(=O)CN(c1cccc(C(=O)OC)c1)S(C)(=O)=O. The summed E-state index contributed by atoms with van der Waals surface area (Å²) in [6, 6.07) is 5.90. The average molecular weight is 358 g/mol. The van der Waals surface area contributed by atoms with E-state index in [0.29, 0.717) is 19.6 Å². The molecule has 1 rings (SSSR count). The molecule has 0 aliphatic carbocycles. The van der Waals surface area contributed by atoms with E-state index in [0.717, 1.165) is 10.6 Å². The Labute approximate surface area is 141 Å². The van der Waals surface area contributed by atoms with Crippen LogP contribution in [-0.2, 0) is 24.3 Å². The standard InChI is InChI=1S/C15H22N2O6S/c1-22-9-5-8-16-14(18)11-17(24(3,20)21)13-7-4-6-12(10-13)15(19)23-2/h4,6-7,10H,5,8-9,11H2,1-3H3,(H,16,18). The number of carbonyl (C=O) groups is 2. The largest absolute Gasteiger partial charge is 0.465 e. The Hall–Kier alpha value is -2.13. The molecule has 0 aliphatic heterocycles. The molecule has 0 bridgehead atoms. The number of amides is 1. The van der Waals surface area contributed by atoms with Crippen LogP contribution in [0.1, 0.15) is 16.8 Å². The van der Waals surface area contributed by atoms with Crippen molar-refractivity contribution in [2.75, 3.05) is 44.5 Å². The molecule has 0 radical (unpaired) electrons. The number of benzene rings is 1. The zero-order valence-corrected chi connectivity index (χ0v) is 14.8. The maximum Gasteiger partial charge on any atom is 0.337 e. The van der Waals surface area contributed by atoms with Crippen LogP contribution in [0.3, 0.4) is 0 Å². The Bertz CT molecular complexity index is 674. The fraction of sp³-hybridized carbons (Fsp3) is 0.467. The normalized spacial score (nSPS) is 11.0. The van der Waals surface area contributed by atoms with E-state index in [-0.39, 0.29) is 17.8 Å². The number of anilines is 1. The fourth-order valence-electron chi connectivity index (χ4n) is 1.94. The van der Waals surface area contributed by atoms with Crippen LogP contribution in [0, 0.1) is 0 Å². The quantitative estimate of drug-likeness (QED) is 0.506. The molecule has 0 fully saturated rings. The molecule has 1 N–H and O–H groups in total. The smallest absolute Gasteiger partial charge is 0.337 e. The van der Waals surface area contributed by atoms with Crippen LogP contribution in [0.4, 0.5) is 5.69 Å². The first kappa shape index (κ1) is 19.9. The third-order valence-corrected chi connectivity index (χ3v) is 4.23. The Kier molecular flexibility index (Phi) is 7.66. The summed E-state index contributed by atoms with van der Waals surface area (Å²) in [6.45, 7) is 0.500. The van der Waals surface area contributed by atoms with Gasteiger partial charge in [-0.2, -0.15) is 0 Å². The number of hydrogen-bond acceptors (Lipinski definition) is 6. The second-order valence-electron chi connectivity index (χ2n) is 5.01. The van der Waals surface area contributed by atoms with Gasteiger partial charge < -0.3 is 14.8 Å². The van der Waals surface area contributed by atoms with Crippen molar-refractivity contribution in [3.63, 3.8) is 0 Å². The van der Waals surface area contributed by atoms with Gasteiger partial charge in [0.2, 0.25) is 15.9 Å². The van der Waals surface area contributed by atoms with Gasteiger partial charge in [0.05, 0.1) is 24.6 Å². The second-order valence-corrected chi connectivity index (χ2v) is 6.91. The van der Waals surface area contributed by atoms with E-state index in [4.69, 9.17) is 4.74 Å². The van der Waals surface area contributed by atoms with Crippen molar-refractivity contribution in [1.29, 1.82) is 0 Å². The van der Waals surface area contributed by atoms with E-state index in [2.05, 4.69) is 10.1 Å². The lowest BCUT2D eigenvalue weighted by molar-refractivity contribution is -0.119. The number of methoxy groups -OCH3 is 2. The van der Waals surface area contributed by atoms with Gasteiger partial charge in [-0.05, 0) is 24.6 Å². The molecule has 0 aliphatic rings. The minimum absolute atomic E-state index is 0.198. The Morgan fingerprint density at radius 1 is 1.25 bits per heavy atom. The van der Waals surface area contributed by atoms with E-state index in [1.807, 2.05) is 0 Å². The Morgan fingerprint density at radius 3 is 2.54 bits per heavy atom. The minimum atomic E-state index is -3.70. The molecule has 0 atom stereocenters. The van der Waals surface area contributed by atoms with Crippen LogP contribution in [0.2, 0.25) is 0 Å². The van der Waals surface area contributed by atoms with Crippen LogP contribution in [0.15, 0.2) is 24.3 Å². The summed E-state index contributed by atoms with van der Waals surface area (Å²) < 4.78 is 34.4. The van der Waals surface area contributed by atoms with Gasteiger partial charge in [-0.25, -0.2) is 13.2 Å². The highest BCUT2D eigenvalue weighted by Gasteiger charge is 2.21. The van der Waals surface area contributed by atoms with E-state index in [1.54, 1.807) is 7.11 Å². The molecule has 1 aromatic carbocycles. The lowest BCUT2D eigenvalue weighted by atomic mass is 10.2. The third-order valence-electron chi connectivity index (χ3n) is 3.09. The number of rotatable bonds is 9. The highest BCUT2D eigenvalue weighted by molar-refractivity contribution is 7.92. The van der Waals surface area contributed by atoms with Crippen molar-refractivity contribution >= 4 is 27.6 Å². The van der Waals surface area contributed by atoms with Crippen molar-refractivity contribution < 1.29 is 27.5 Å². The summed E-state index contributed by atoms with van der Waals surface area (Å²) in [7, 11) is -0.912. The van der Waals surface area contributed by atoms with E-state index in [1.165, 1.54) is 31.4 Å². The molecule has 1 aromatic rings. The molecular weight excluding hydrogens is 336 g/mol. The summed E-state index contributed by atoms with van der Waals surface area (Å²) in [5, 5.41) is 2.62. The van der Waals surface area contributed by atoms with Crippen LogP contribution in [0.5, 0.6) is 0 Å². The summed E-state index contributed by atoms with van der Waals surface area (Å²) in [5.74, 6) is -1.03. The lowest BCUT2D eigenvalue weighted by Gasteiger charge is -2.22. The minimum Gasteiger partial charge on any atom is -0.465 e. The van der Waals surface area contributed by atoms with Crippen LogP contribution in [-0.4, -0.2) is 60.5 Å². The summed E-state index contributed by atoms with van der Waals surface area (Å²) >= 11 is 0. The number of ether oxygens (including phenoxy) is 2. The van der Waals surface area contributed by atoms with E-state index >= 15 is 0 Å². The van der Waals surface area contributed by atoms with Gasteiger partial charge in [0.1, 0.15) is 6.54 Å². The summed E-state index contributed by atoms with van der Waals surface area (Å²) in [4.78, 5) is 23.5. The zero-order valence-electron chi connectivity index (χ0n) is 13.9. The summed E-state index contributed by atoms with van der Waals surface area (Å²) in [5.41, 5.74) is 0.414.